The summed E-state index contributed by atoms with van der Waals surface area (Å²) in [6.07, 6.45) is 3.77. The van der Waals surface area contributed by atoms with Crippen molar-refractivity contribution in [1.82, 2.24) is 14.7 Å². The first kappa shape index (κ1) is 13.9. The summed E-state index contributed by atoms with van der Waals surface area (Å²) in [5.41, 5.74) is 1.04. The number of fused-ring (bicyclic) bond motifs is 1. The fourth-order valence-electron chi connectivity index (χ4n) is 1.62. The van der Waals surface area contributed by atoms with Crippen molar-refractivity contribution in [3.05, 3.63) is 30.6 Å². The van der Waals surface area contributed by atoms with Crippen LogP contribution in [0.1, 0.15) is 20.8 Å². The maximum Gasteiger partial charge on any atom is 0.230 e. The Morgan fingerprint density at radius 1 is 1.42 bits per heavy atom. The summed E-state index contributed by atoms with van der Waals surface area (Å²) in [6.45, 7) is 6.22. The highest BCUT2D eigenvalue weighted by Crippen LogP contribution is 2.18. The molecule has 0 fully saturated rings. The van der Waals surface area contributed by atoms with E-state index in [9.17, 15) is 4.79 Å². The Morgan fingerprint density at radius 3 is 2.95 bits per heavy atom. The Morgan fingerprint density at radius 2 is 2.21 bits per heavy atom. The average molecular weight is 277 g/mol. The summed E-state index contributed by atoms with van der Waals surface area (Å²) in [6, 6.07) is 6.13. The third-order valence-corrected chi connectivity index (χ3v) is 4.09. The second-order valence-electron chi connectivity index (χ2n) is 4.93. The van der Waals surface area contributed by atoms with Gasteiger partial charge in [-0.1, -0.05) is 31.7 Å². The Kier molecular flexibility index (Phi) is 4.47. The lowest BCUT2D eigenvalue weighted by Gasteiger charge is -2.16. The minimum absolute atomic E-state index is 0.0545. The van der Waals surface area contributed by atoms with Gasteiger partial charge in [0, 0.05) is 12.2 Å². The van der Waals surface area contributed by atoms with Crippen LogP contribution in [0.15, 0.2) is 35.7 Å². The molecule has 0 aliphatic heterocycles. The quantitative estimate of drug-likeness (QED) is 0.855. The van der Waals surface area contributed by atoms with Crippen molar-refractivity contribution in [2.24, 2.45) is 5.92 Å². The van der Waals surface area contributed by atoms with Crippen LogP contribution in [0.4, 0.5) is 0 Å². The molecule has 1 N–H and O–H groups in total. The van der Waals surface area contributed by atoms with Crippen LogP contribution in [0.3, 0.4) is 0 Å². The van der Waals surface area contributed by atoms with Gasteiger partial charge < -0.3 is 5.32 Å². The maximum atomic E-state index is 11.8. The Hall–Kier alpha value is -1.49. The van der Waals surface area contributed by atoms with Crippen molar-refractivity contribution in [1.29, 1.82) is 0 Å². The van der Waals surface area contributed by atoms with E-state index in [0.29, 0.717) is 11.7 Å². The molecule has 1 atom stereocenters. The van der Waals surface area contributed by atoms with Gasteiger partial charge >= 0.3 is 0 Å². The van der Waals surface area contributed by atoms with Gasteiger partial charge in [0.15, 0.2) is 5.16 Å². The number of aromatic nitrogens is 2. The molecule has 2 rings (SSSR count). The molecule has 0 saturated carbocycles. The van der Waals surface area contributed by atoms with Crippen LogP contribution in [0.2, 0.25) is 0 Å². The third kappa shape index (κ3) is 3.50. The first-order valence-corrected chi connectivity index (χ1v) is 7.40. The van der Waals surface area contributed by atoms with Gasteiger partial charge in [0.05, 0.1) is 17.5 Å². The van der Waals surface area contributed by atoms with E-state index in [0.717, 1.165) is 10.7 Å². The molecule has 0 bridgehead atoms. The zero-order valence-electron chi connectivity index (χ0n) is 11.5. The van der Waals surface area contributed by atoms with E-state index in [1.165, 1.54) is 11.8 Å². The molecule has 0 spiro atoms. The van der Waals surface area contributed by atoms with Crippen LogP contribution in [0.25, 0.3) is 5.52 Å². The fraction of sp³-hybridized carbons (Fsp3) is 0.429. The number of imidazole rings is 1. The Bertz CT molecular complexity index is 565. The van der Waals surface area contributed by atoms with Crippen LogP contribution >= 0.6 is 11.8 Å². The number of hydrogen-bond acceptors (Lipinski definition) is 3. The smallest absolute Gasteiger partial charge is 0.230 e. The van der Waals surface area contributed by atoms with Crippen molar-refractivity contribution in [3.8, 4) is 0 Å². The van der Waals surface area contributed by atoms with Gasteiger partial charge in [-0.25, -0.2) is 4.98 Å². The molecule has 0 aromatic carbocycles. The molecule has 4 nitrogen and oxygen atoms in total. The molecule has 0 aliphatic carbocycles. The molecule has 5 heteroatoms. The van der Waals surface area contributed by atoms with Crippen molar-refractivity contribution in [3.63, 3.8) is 0 Å². The first-order chi connectivity index (χ1) is 9.08. The van der Waals surface area contributed by atoms with Gasteiger partial charge in [-0.15, -0.1) is 0 Å². The van der Waals surface area contributed by atoms with Crippen molar-refractivity contribution in [2.75, 3.05) is 5.75 Å². The minimum Gasteiger partial charge on any atom is -0.353 e. The molecule has 0 radical (unpaired) electrons. The van der Waals surface area contributed by atoms with Gasteiger partial charge in [0.2, 0.25) is 5.91 Å². The number of rotatable bonds is 5. The van der Waals surface area contributed by atoms with E-state index >= 15 is 0 Å². The lowest BCUT2D eigenvalue weighted by Crippen LogP contribution is -2.37. The first-order valence-electron chi connectivity index (χ1n) is 6.42. The molecule has 2 aromatic rings. The largest absolute Gasteiger partial charge is 0.353 e. The number of carbonyl (C=O) groups excluding carboxylic acids is 1. The van der Waals surface area contributed by atoms with Crippen molar-refractivity contribution >= 4 is 23.2 Å². The number of nitrogens with one attached hydrogen (secondary N) is 1. The lowest BCUT2D eigenvalue weighted by molar-refractivity contribution is -0.119. The highest BCUT2D eigenvalue weighted by molar-refractivity contribution is 7.99. The van der Waals surface area contributed by atoms with E-state index in [4.69, 9.17) is 0 Å². The van der Waals surface area contributed by atoms with Gasteiger partial charge in [0.25, 0.3) is 0 Å². The summed E-state index contributed by atoms with van der Waals surface area (Å²) in [4.78, 5) is 16.1. The topological polar surface area (TPSA) is 46.4 Å². The SMILES string of the molecule is CC(C)[C@H](C)NC(=O)CSc1ncc2ccccn12. The van der Waals surface area contributed by atoms with Crippen LogP contribution in [-0.4, -0.2) is 27.1 Å². The predicted octanol–water partition coefficient (Wildman–Crippen LogP) is 2.59. The number of nitrogens with zero attached hydrogens (tertiary/aromatic N) is 2. The molecule has 102 valence electrons. The van der Waals surface area contributed by atoms with Gasteiger partial charge in [0.1, 0.15) is 0 Å². The highest BCUT2D eigenvalue weighted by atomic mass is 32.2. The van der Waals surface area contributed by atoms with E-state index in [1.807, 2.05) is 41.9 Å². The van der Waals surface area contributed by atoms with Crippen LogP contribution in [0.5, 0.6) is 0 Å². The number of hydrogen-bond donors (Lipinski definition) is 1. The molecule has 2 heterocycles. The molecule has 1 amide bonds. The number of amides is 1. The third-order valence-electron chi connectivity index (χ3n) is 3.13. The average Bonchev–Trinajstić information content (AvgIpc) is 2.79. The van der Waals surface area contributed by atoms with E-state index in [-0.39, 0.29) is 11.9 Å². The normalized spacial score (nSPS) is 12.8. The zero-order chi connectivity index (χ0) is 13.8. The summed E-state index contributed by atoms with van der Waals surface area (Å²) < 4.78 is 1.99. The molecular formula is C14H19N3OS. The molecule has 0 unspecified atom stereocenters. The zero-order valence-corrected chi connectivity index (χ0v) is 12.3. The lowest BCUT2D eigenvalue weighted by atomic mass is 10.1. The molecule has 0 aliphatic rings. The summed E-state index contributed by atoms with van der Waals surface area (Å²) in [5.74, 6) is 0.894. The van der Waals surface area contributed by atoms with E-state index in [1.54, 1.807) is 0 Å². The second kappa shape index (κ2) is 6.10. The molecular weight excluding hydrogens is 258 g/mol. The van der Waals surface area contributed by atoms with Crippen molar-refractivity contribution < 1.29 is 4.79 Å². The second-order valence-corrected chi connectivity index (χ2v) is 5.87. The summed E-state index contributed by atoms with van der Waals surface area (Å²) >= 11 is 1.46. The molecule has 0 saturated heterocycles. The fourth-order valence-corrected chi connectivity index (χ4v) is 2.39. The van der Waals surface area contributed by atoms with Gasteiger partial charge in [-0.05, 0) is 25.0 Å². The Balaban J connectivity index is 1.94. The van der Waals surface area contributed by atoms with Gasteiger partial charge in [-0.3, -0.25) is 9.20 Å². The predicted molar refractivity (Wildman–Crippen MR) is 78.4 cm³/mol. The number of carbonyl (C=O) groups is 1. The summed E-state index contributed by atoms with van der Waals surface area (Å²) in [5, 5.41) is 3.84. The Labute approximate surface area is 117 Å². The molecule has 19 heavy (non-hydrogen) atoms. The van der Waals surface area contributed by atoms with E-state index in [2.05, 4.69) is 24.1 Å². The monoisotopic (exact) mass is 277 g/mol. The van der Waals surface area contributed by atoms with Crippen LogP contribution < -0.4 is 5.32 Å². The van der Waals surface area contributed by atoms with Crippen molar-refractivity contribution in [2.45, 2.75) is 32.0 Å². The van der Waals surface area contributed by atoms with Gasteiger partial charge in [-0.2, -0.15) is 0 Å². The number of thioether (sulfide) groups is 1. The van der Waals surface area contributed by atoms with Crippen LogP contribution in [0, 0.1) is 5.92 Å². The molecule has 2 aromatic heterocycles. The maximum absolute atomic E-state index is 11.8. The summed E-state index contributed by atoms with van der Waals surface area (Å²) in [7, 11) is 0. The highest BCUT2D eigenvalue weighted by Gasteiger charge is 2.12. The van der Waals surface area contributed by atoms with Crippen LogP contribution in [-0.2, 0) is 4.79 Å². The minimum atomic E-state index is 0.0545. The number of pyridine rings is 1. The van der Waals surface area contributed by atoms with E-state index < -0.39 is 0 Å². The standard InChI is InChI=1S/C14H19N3OS/c1-10(2)11(3)16-13(18)9-19-14-15-8-12-6-4-5-7-17(12)14/h4-8,10-11H,9H2,1-3H3,(H,16,18)/t11-/m0/s1.